The second-order valence-electron chi connectivity index (χ2n) is 12.0. The van der Waals surface area contributed by atoms with Crippen LogP contribution in [0.15, 0.2) is 23.8 Å². The molecule has 0 saturated heterocycles. The molecule has 2 aliphatic rings. The van der Waals surface area contributed by atoms with Gasteiger partial charge in [-0.1, -0.05) is 45.3 Å². The fourth-order valence-corrected chi connectivity index (χ4v) is 7.24. The maximum absolute atomic E-state index is 14.1. The van der Waals surface area contributed by atoms with Crippen molar-refractivity contribution in [2.24, 2.45) is 5.92 Å². The summed E-state index contributed by atoms with van der Waals surface area (Å²) in [6.45, 7) is 16.1. The maximum atomic E-state index is 14.1. The van der Waals surface area contributed by atoms with Crippen molar-refractivity contribution >= 4 is 19.2 Å². The first-order chi connectivity index (χ1) is 18.2. The Bertz CT molecular complexity index is 1160. The van der Waals surface area contributed by atoms with E-state index in [2.05, 4.69) is 58.8 Å². The van der Waals surface area contributed by atoms with Crippen LogP contribution in [-0.2, 0) is 24.2 Å². The van der Waals surface area contributed by atoms with E-state index < -0.39 is 30.8 Å². The van der Waals surface area contributed by atoms with Gasteiger partial charge < -0.3 is 18.7 Å². The lowest BCUT2D eigenvalue weighted by Gasteiger charge is -2.47. The smallest absolute Gasteiger partial charge is 0.424 e. The second-order valence-corrected chi connectivity index (χ2v) is 13.9. The summed E-state index contributed by atoms with van der Waals surface area (Å²) in [5.74, 6) is 0.580. The predicted octanol–water partition coefficient (Wildman–Crippen LogP) is 7.64. The molecule has 218 valence electrons. The van der Waals surface area contributed by atoms with Gasteiger partial charge in [0.25, 0.3) is 0 Å². The third kappa shape index (κ3) is 6.71. The number of carbonyl (C=O) groups excluding carboxylic acids is 2. The van der Waals surface area contributed by atoms with E-state index in [1.165, 1.54) is 12.5 Å². The van der Waals surface area contributed by atoms with Crippen LogP contribution in [0.3, 0.4) is 0 Å². The molecular weight excluding hydrogens is 517 g/mol. The largest absolute Gasteiger partial charge is 0.487 e. The number of ether oxygens (including phenoxy) is 3. The van der Waals surface area contributed by atoms with Gasteiger partial charge >= 0.3 is 19.2 Å². The molecule has 1 aliphatic heterocycles. The Morgan fingerprint density at radius 3 is 2.56 bits per heavy atom. The number of allylic oxidation sites excluding steroid dienone is 2. The molecule has 0 fully saturated rings. The van der Waals surface area contributed by atoms with Crippen LogP contribution in [0.1, 0.15) is 105 Å². The number of nitrogens with one attached hydrogen (secondary N) is 1. The second kappa shape index (κ2) is 12.1. The molecule has 0 aromatic heterocycles. The number of unbranched alkanes of at least 4 members (excludes halogenated alkanes) is 1. The van der Waals surface area contributed by atoms with Gasteiger partial charge in [0.1, 0.15) is 23.1 Å². The molecule has 1 aliphatic carbocycles. The van der Waals surface area contributed by atoms with E-state index in [-0.39, 0.29) is 23.9 Å². The molecule has 0 bridgehead atoms. The molecule has 8 nitrogen and oxygen atoms in total. The first-order valence-corrected chi connectivity index (χ1v) is 15.7. The van der Waals surface area contributed by atoms with Crippen molar-refractivity contribution in [1.29, 1.82) is 0 Å². The van der Waals surface area contributed by atoms with Crippen LogP contribution in [0.2, 0.25) is 0 Å². The zero-order chi connectivity index (χ0) is 29.2. The fourth-order valence-electron chi connectivity index (χ4n) is 5.73. The minimum Gasteiger partial charge on any atom is -0.487 e. The van der Waals surface area contributed by atoms with Crippen molar-refractivity contribution in [3.63, 3.8) is 0 Å². The van der Waals surface area contributed by atoms with Crippen molar-refractivity contribution in [3.05, 3.63) is 34.9 Å². The minimum atomic E-state index is -4.38. The number of carbonyl (C=O) groups is 2. The summed E-state index contributed by atoms with van der Waals surface area (Å²) in [5, 5.41) is 2.61. The van der Waals surface area contributed by atoms with Crippen LogP contribution in [0.5, 0.6) is 11.5 Å². The lowest BCUT2D eigenvalue weighted by Crippen LogP contribution is -2.45. The Balaban J connectivity index is 2.19. The zero-order valence-corrected chi connectivity index (χ0v) is 25.9. The van der Waals surface area contributed by atoms with Gasteiger partial charge in [-0.25, -0.2) is 14.4 Å². The van der Waals surface area contributed by atoms with Crippen molar-refractivity contribution in [3.8, 4) is 11.5 Å². The SMILES string of the molecule is CCCCC(C)(C)c1cc2c(c(OP(=O)(NC(C)C(=O)OCC)C(=O)OC)c1)C1CC(C)=CCC1C(C)(C)O2. The fraction of sp³-hybridized carbons (Fsp3) is 0.667. The molecule has 3 rings (SSSR count). The highest BCUT2D eigenvalue weighted by Crippen LogP contribution is 2.58. The Labute approximate surface area is 233 Å². The van der Waals surface area contributed by atoms with Crippen molar-refractivity contribution in [1.82, 2.24) is 5.09 Å². The van der Waals surface area contributed by atoms with E-state index in [1.54, 1.807) is 6.92 Å². The molecule has 0 radical (unpaired) electrons. The van der Waals surface area contributed by atoms with E-state index >= 15 is 0 Å². The third-order valence-electron chi connectivity index (χ3n) is 8.07. The van der Waals surface area contributed by atoms with Crippen LogP contribution in [0, 0.1) is 5.92 Å². The molecule has 0 saturated carbocycles. The van der Waals surface area contributed by atoms with E-state index in [0.29, 0.717) is 11.5 Å². The summed E-state index contributed by atoms with van der Waals surface area (Å²) >= 11 is 0. The summed E-state index contributed by atoms with van der Waals surface area (Å²) in [6, 6.07) is 2.92. The van der Waals surface area contributed by atoms with Crippen molar-refractivity contribution < 1.29 is 32.9 Å². The lowest BCUT2D eigenvalue weighted by molar-refractivity contribution is -0.144. The summed E-state index contributed by atoms with van der Waals surface area (Å²) in [6.07, 6.45) is 6.94. The molecule has 9 heteroatoms. The highest BCUT2D eigenvalue weighted by Gasteiger charge is 2.48. The maximum Gasteiger partial charge on any atom is 0.424 e. The highest BCUT2D eigenvalue weighted by molar-refractivity contribution is 7.74. The molecule has 1 heterocycles. The normalized spacial score (nSPS) is 22.2. The number of methoxy groups -OCH3 is 1. The summed E-state index contributed by atoms with van der Waals surface area (Å²) in [7, 11) is -3.24. The number of fused-ring (bicyclic) bond motifs is 3. The minimum absolute atomic E-state index is 0.0464. The summed E-state index contributed by atoms with van der Waals surface area (Å²) in [5.41, 5.74) is 1.31. The monoisotopic (exact) mass is 563 g/mol. The van der Waals surface area contributed by atoms with Crippen molar-refractivity contribution in [2.75, 3.05) is 13.7 Å². The summed E-state index contributed by atoms with van der Waals surface area (Å²) < 4.78 is 36.9. The molecule has 4 unspecified atom stereocenters. The quantitative estimate of drug-likeness (QED) is 0.167. The van der Waals surface area contributed by atoms with Gasteiger partial charge in [-0.05, 0) is 77.0 Å². The van der Waals surface area contributed by atoms with Crippen LogP contribution in [0.4, 0.5) is 4.79 Å². The Hall–Kier alpha value is -2.31. The highest BCUT2D eigenvalue weighted by atomic mass is 31.2. The zero-order valence-electron chi connectivity index (χ0n) is 25.0. The number of benzene rings is 1. The molecule has 1 aromatic carbocycles. The first-order valence-electron chi connectivity index (χ1n) is 14.0. The van der Waals surface area contributed by atoms with Gasteiger partial charge in [-0.2, -0.15) is 0 Å². The van der Waals surface area contributed by atoms with Gasteiger partial charge in [-0.15, -0.1) is 0 Å². The summed E-state index contributed by atoms with van der Waals surface area (Å²) in [4.78, 5) is 25.3. The Morgan fingerprint density at radius 2 is 1.95 bits per heavy atom. The van der Waals surface area contributed by atoms with E-state index in [4.69, 9.17) is 18.7 Å². The molecular formula is C30H46NO7P. The van der Waals surface area contributed by atoms with Crippen molar-refractivity contribution in [2.45, 2.75) is 110 Å². The molecule has 0 amide bonds. The van der Waals surface area contributed by atoms with Gasteiger partial charge in [0.15, 0.2) is 0 Å². The standard InChI is InChI=1S/C30H46NO7P/c1-10-12-15-29(5,6)21-17-24-26(22-16-19(3)13-14-23(22)30(7,8)37-24)25(18-21)38-39(34,28(33)35-9)31-20(4)27(32)36-11-2/h13,17-18,20,22-23H,10-12,14-16H2,1-9H3,(H,31,34). The topological polar surface area (TPSA) is 100 Å². The third-order valence-corrected chi connectivity index (χ3v) is 9.92. The molecule has 1 aromatic rings. The van der Waals surface area contributed by atoms with Crippen LogP contribution in [0.25, 0.3) is 0 Å². The molecule has 1 N–H and O–H groups in total. The van der Waals surface area contributed by atoms with Gasteiger partial charge in [0.2, 0.25) is 0 Å². The van der Waals surface area contributed by atoms with Crippen LogP contribution >= 0.6 is 7.52 Å². The van der Waals surface area contributed by atoms with E-state index in [1.807, 2.05) is 6.07 Å². The average molecular weight is 564 g/mol. The van der Waals surface area contributed by atoms with Gasteiger partial charge in [-0.3, -0.25) is 4.79 Å². The Kier molecular flexibility index (Phi) is 9.65. The van der Waals surface area contributed by atoms with Crippen LogP contribution in [-0.4, -0.2) is 37.0 Å². The number of esters is 1. The van der Waals surface area contributed by atoms with E-state index in [9.17, 15) is 14.2 Å². The van der Waals surface area contributed by atoms with Gasteiger partial charge in [0, 0.05) is 17.4 Å². The number of rotatable bonds is 11. The average Bonchev–Trinajstić information content (AvgIpc) is 2.86. The number of hydrogen-bond donors (Lipinski definition) is 1. The first kappa shape index (κ1) is 31.2. The predicted molar refractivity (Wildman–Crippen MR) is 153 cm³/mol. The Morgan fingerprint density at radius 1 is 1.26 bits per heavy atom. The lowest BCUT2D eigenvalue weighted by atomic mass is 9.66. The molecule has 4 atom stereocenters. The molecule has 39 heavy (non-hydrogen) atoms. The number of hydrogen-bond acceptors (Lipinski definition) is 7. The molecule has 0 spiro atoms. The van der Waals surface area contributed by atoms with E-state index in [0.717, 1.165) is 50.3 Å². The van der Waals surface area contributed by atoms with Gasteiger partial charge in [0.05, 0.1) is 13.7 Å². The van der Waals surface area contributed by atoms with Crippen LogP contribution < -0.4 is 14.3 Å².